The van der Waals surface area contributed by atoms with Crippen LogP contribution in [0.3, 0.4) is 0 Å². The van der Waals surface area contributed by atoms with E-state index >= 15 is 0 Å². The molecule has 0 saturated heterocycles. The number of carboxylic acid groups (broad SMARTS) is 1. The van der Waals surface area contributed by atoms with E-state index in [0.29, 0.717) is 5.69 Å². The van der Waals surface area contributed by atoms with Gasteiger partial charge in [-0.25, -0.2) is 4.98 Å². The summed E-state index contributed by atoms with van der Waals surface area (Å²) in [6.45, 7) is -0.839. The van der Waals surface area contributed by atoms with E-state index in [-0.39, 0.29) is 30.0 Å². The van der Waals surface area contributed by atoms with Crippen LogP contribution < -0.4 is 21.1 Å². The number of hydrogen-bond acceptors (Lipinski definition) is 8. The number of nitrogens with one attached hydrogen (secondary N) is 1. The smallest absolute Gasteiger partial charge is 0.861 e. The molecule has 1 rings (SSSR count). The number of aliphatic imine (C=N–C) groups is 2. The van der Waals surface area contributed by atoms with Crippen LogP contribution in [0.1, 0.15) is 5.69 Å². The summed E-state index contributed by atoms with van der Waals surface area (Å²) >= 11 is 0. The van der Waals surface area contributed by atoms with E-state index in [1.807, 2.05) is 0 Å². The van der Waals surface area contributed by atoms with Crippen LogP contribution in [0.15, 0.2) is 22.5 Å². The molecular formula is C10H12CuN5O4-. The summed E-state index contributed by atoms with van der Waals surface area (Å²) in [4.78, 5) is 24.0. The molecule has 0 amide bonds. The summed E-state index contributed by atoms with van der Waals surface area (Å²) in [5.74, 6) is -2.97. The number of aromatic nitrogens is 2. The van der Waals surface area contributed by atoms with Crippen molar-refractivity contribution in [3.8, 4) is 0 Å². The van der Waals surface area contributed by atoms with E-state index in [1.54, 1.807) is 0 Å². The van der Waals surface area contributed by atoms with Crippen LogP contribution in [0.2, 0.25) is 0 Å². The van der Waals surface area contributed by atoms with Crippen molar-refractivity contribution in [2.24, 2.45) is 15.7 Å². The van der Waals surface area contributed by atoms with Gasteiger partial charge in [0.25, 0.3) is 0 Å². The van der Waals surface area contributed by atoms with E-state index in [4.69, 9.17) is 5.73 Å². The second kappa shape index (κ2) is 9.07. The Balaban J connectivity index is 0.00000361. The summed E-state index contributed by atoms with van der Waals surface area (Å²) in [7, 11) is 0. The molecule has 0 spiro atoms. The summed E-state index contributed by atoms with van der Waals surface area (Å²) in [5.41, 5.74) is 5.50. The van der Waals surface area contributed by atoms with Crippen LogP contribution in [0.25, 0.3) is 0 Å². The van der Waals surface area contributed by atoms with Crippen LogP contribution in [0.4, 0.5) is 0 Å². The fourth-order valence-electron chi connectivity index (χ4n) is 1.22. The van der Waals surface area contributed by atoms with Crippen molar-refractivity contribution in [2.45, 2.75) is 12.5 Å². The van der Waals surface area contributed by atoms with E-state index in [0.717, 1.165) is 0 Å². The molecule has 3 N–H and O–H groups in total. The molecule has 1 aromatic heterocycles. The number of aliphatic carboxylic acids is 1. The van der Waals surface area contributed by atoms with Gasteiger partial charge in [-0.1, -0.05) is 0 Å². The zero-order valence-electron chi connectivity index (χ0n) is 10.2. The van der Waals surface area contributed by atoms with Crippen LogP contribution in [0, 0.1) is 0 Å². The van der Waals surface area contributed by atoms with E-state index in [9.17, 15) is 20.1 Å². The van der Waals surface area contributed by atoms with Gasteiger partial charge in [0, 0.05) is 24.9 Å². The van der Waals surface area contributed by atoms with Crippen molar-refractivity contribution in [1.82, 2.24) is 9.97 Å². The van der Waals surface area contributed by atoms with Gasteiger partial charge in [-0.2, -0.15) is 0 Å². The van der Waals surface area contributed by atoms with Crippen molar-refractivity contribution in [3.63, 3.8) is 0 Å². The standard InChI is InChI=1S/C10H15N5O4.Cu/c11-2-8(16)13-4-9(17)15-7(10(18)19)1-6-3-12-5-14-6;/h3,5,7H,1-2,4,11H2,(H,12,14)(H,13,16)(H,15,17)(H,18,19);/q;+2/p-3. The molecule has 0 fully saturated rings. The normalized spacial score (nSPS) is 13.7. The molecule has 1 unspecified atom stereocenters. The predicted octanol–water partition coefficient (Wildman–Crippen LogP) is -4.46. The number of carboxylic acids is 1. The van der Waals surface area contributed by atoms with Gasteiger partial charge < -0.3 is 30.8 Å². The Morgan fingerprint density at radius 1 is 1.40 bits per heavy atom. The maximum Gasteiger partial charge on any atom is 2.00 e. The van der Waals surface area contributed by atoms with Crippen LogP contribution >= 0.6 is 0 Å². The van der Waals surface area contributed by atoms with Gasteiger partial charge in [0.05, 0.1) is 24.9 Å². The van der Waals surface area contributed by atoms with Crippen LogP contribution in [-0.2, 0) is 28.3 Å². The molecule has 20 heavy (non-hydrogen) atoms. The van der Waals surface area contributed by atoms with Crippen molar-refractivity contribution < 1.29 is 37.2 Å². The number of H-pyrrole nitrogens is 1. The van der Waals surface area contributed by atoms with Crippen LogP contribution in [-0.4, -0.2) is 46.9 Å². The SMILES string of the molecule is NCC([O-])=NCC([O-])=NC(Cc1cnc[nH]1)C(=O)[O-].[Cu+2]. The molecule has 1 aromatic rings. The molecule has 1 radical (unpaired) electrons. The second-order valence-electron chi connectivity index (χ2n) is 3.55. The fourth-order valence-corrected chi connectivity index (χ4v) is 1.22. The fraction of sp³-hybridized carbons (Fsp3) is 0.400. The topological polar surface area (TPSA) is 166 Å². The second-order valence-corrected chi connectivity index (χ2v) is 3.55. The first-order valence-corrected chi connectivity index (χ1v) is 5.35. The number of hydrogen-bond donors (Lipinski definition) is 2. The summed E-state index contributed by atoms with van der Waals surface area (Å²) in [6.07, 6.45) is 2.73. The van der Waals surface area contributed by atoms with Gasteiger partial charge in [0.15, 0.2) is 0 Å². The molecule has 0 aliphatic carbocycles. The van der Waals surface area contributed by atoms with E-state index in [1.165, 1.54) is 12.5 Å². The molecule has 1 atom stereocenters. The largest absolute Gasteiger partial charge is 2.00 e. The average molecular weight is 330 g/mol. The Morgan fingerprint density at radius 2 is 2.10 bits per heavy atom. The quantitative estimate of drug-likeness (QED) is 0.291. The van der Waals surface area contributed by atoms with E-state index in [2.05, 4.69) is 20.0 Å². The van der Waals surface area contributed by atoms with E-state index < -0.39 is 30.4 Å². The molecule has 0 aromatic carbocycles. The summed E-state index contributed by atoms with van der Waals surface area (Å²) < 4.78 is 0. The monoisotopic (exact) mass is 329 g/mol. The zero-order valence-corrected chi connectivity index (χ0v) is 11.1. The number of carbonyl (C=O) groups is 1. The van der Waals surface area contributed by atoms with Crippen molar-refractivity contribution in [3.05, 3.63) is 18.2 Å². The van der Waals surface area contributed by atoms with Gasteiger partial charge in [-0.3, -0.25) is 9.98 Å². The maximum absolute atomic E-state index is 11.3. The molecule has 0 bridgehead atoms. The van der Waals surface area contributed by atoms with Crippen molar-refractivity contribution in [2.75, 3.05) is 13.1 Å². The third-order valence-corrected chi connectivity index (χ3v) is 2.11. The molecule has 10 heteroatoms. The summed E-state index contributed by atoms with van der Waals surface area (Å²) in [6, 6.07) is -1.35. The third-order valence-electron chi connectivity index (χ3n) is 2.11. The molecule has 9 nitrogen and oxygen atoms in total. The Morgan fingerprint density at radius 3 is 2.60 bits per heavy atom. The van der Waals surface area contributed by atoms with Crippen LogP contribution in [0.5, 0.6) is 0 Å². The van der Waals surface area contributed by atoms with Gasteiger partial charge in [0.2, 0.25) is 0 Å². The molecule has 1 heterocycles. The van der Waals surface area contributed by atoms with Gasteiger partial charge in [-0.15, -0.1) is 0 Å². The first-order valence-electron chi connectivity index (χ1n) is 5.35. The first-order chi connectivity index (χ1) is 9.02. The minimum atomic E-state index is -1.49. The zero-order chi connectivity index (χ0) is 14.3. The molecule has 0 aliphatic heterocycles. The molecular weight excluding hydrogens is 318 g/mol. The number of imidazole rings is 1. The third kappa shape index (κ3) is 6.32. The Hall–Kier alpha value is -1.90. The minimum Gasteiger partial charge on any atom is -0.861 e. The molecule has 0 aliphatic rings. The molecule has 0 saturated carbocycles. The number of rotatable bonds is 7. The van der Waals surface area contributed by atoms with Gasteiger partial charge in [-0.05, 0) is 11.8 Å². The molecule has 113 valence electrons. The maximum atomic E-state index is 11.3. The predicted molar refractivity (Wildman–Crippen MR) is 59.9 cm³/mol. The first kappa shape index (κ1) is 18.1. The van der Waals surface area contributed by atoms with Crippen molar-refractivity contribution in [1.29, 1.82) is 0 Å². The number of nitrogens with zero attached hydrogens (tertiary/aromatic N) is 3. The number of carbonyl (C=O) groups excluding carboxylic acids is 1. The van der Waals surface area contributed by atoms with Gasteiger partial charge in [0.1, 0.15) is 0 Å². The van der Waals surface area contributed by atoms with Crippen molar-refractivity contribution >= 4 is 17.8 Å². The van der Waals surface area contributed by atoms with Gasteiger partial charge >= 0.3 is 17.1 Å². The summed E-state index contributed by atoms with van der Waals surface area (Å²) in [5, 5.41) is 32.9. The average Bonchev–Trinajstić information content (AvgIpc) is 2.87. The number of nitrogens with two attached hydrogens (primary N) is 1. The Bertz CT molecular complexity index is 474. The Labute approximate surface area is 125 Å². The Kier molecular flexibility index (Phi) is 8.21. The minimum absolute atomic E-state index is 0. The number of aromatic amines is 1.